The summed E-state index contributed by atoms with van der Waals surface area (Å²) in [6, 6.07) is 56.5. The highest BCUT2D eigenvalue weighted by Crippen LogP contribution is 2.65. The zero-order valence-corrected chi connectivity index (χ0v) is 39.1. The normalized spacial score (nSPS) is 17.0. The summed E-state index contributed by atoms with van der Waals surface area (Å²) in [7, 11) is 0. The molecular weight excluding hydrogens is 809 g/mol. The van der Waals surface area contributed by atoms with Gasteiger partial charge in [-0.2, -0.15) is 0 Å². The molecule has 0 bridgehead atoms. The van der Waals surface area contributed by atoms with E-state index < -0.39 is 5.41 Å². The molecule has 0 saturated carbocycles. The Hall–Kier alpha value is -7.42. The lowest BCUT2D eigenvalue weighted by atomic mass is 9.69. The van der Waals surface area contributed by atoms with Crippen molar-refractivity contribution >= 4 is 39.6 Å². The number of rotatable bonds is 8. The van der Waals surface area contributed by atoms with E-state index in [-0.39, 0.29) is 0 Å². The molecule has 67 heavy (non-hydrogen) atoms. The largest absolute Gasteiger partial charge is 0.314 e. The zero-order chi connectivity index (χ0) is 45.2. The van der Waals surface area contributed by atoms with Crippen LogP contribution in [0.25, 0.3) is 33.4 Å². The maximum absolute atomic E-state index is 2.58. The van der Waals surface area contributed by atoms with E-state index in [1.165, 1.54) is 101 Å². The second kappa shape index (κ2) is 16.5. The summed E-state index contributed by atoms with van der Waals surface area (Å²) in [6.07, 6.45) is 25.8. The van der Waals surface area contributed by atoms with Crippen LogP contribution in [0.4, 0.5) is 28.4 Å². The van der Waals surface area contributed by atoms with E-state index in [1.807, 2.05) is 0 Å². The van der Waals surface area contributed by atoms with Gasteiger partial charge in [0, 0.05) is 34.1 Å². The van der Waals surface area contributed by atoms with Gasteiger partial charge in [0.2, 0.25) is 0 Å². The third kappa shape index (κ3) is 6.92. The van der Waals surface area contributed by atoms with Crippen LogP contribution in [-0.4, -0.2) is 0 Å². The molecule has 2 heteroatoms. The van der Waals surface area contributed by atoms with Crippen molar-refractivity contribution in [2.45, 2.75) is 65.2 Å². The van der Waals surface area contributed by atoms with Gasteiger partial charge in [-0.3, -0.25) is 0 Å². The minimum absolute atomic E-state index is 0.443. The predicted molar refractivity (Wildman–Crippen MR) is 284 cm³/mol. The molecule has 0 N–H and O–H groups in total. The lowest BCUT2D eigenvalue weighted by Crippen LogP contribution is -2.27. The van der Waals surface area contributed by atoms with Gasteiger partial charge in [0.1, 0.15) is 0 Å². The maximum Gasteiger partial charge on any atom is 0.0727 e. The monoisotopic (exact) mass is 864 g/mol. The van der Waals surface area contributed by atoms with Crippen molar-refractivity contribution in [2.75, 3.05) is 9.80 Å². The molecule has 0 fully saturated rings. The molecule has 0 radical (unpaired) electrons. The molecule has 5 aliphatic carbocycles. The number of nitrogens with zero attached hydrogens (tertiary/aromatic N) is 2. The third-order valence-corrected chi connectivity index (χ3v) is 14.9. The Morgan fingerprint density at radius 3 is 1.31 bits per heavy atom. The van der Waals surface area contributed by atoms with Gasteiger partial charge >= 0.3 is 0 Å². The van der Waals surface area contributed by atoms with Gasteiger partial charge in [0.05, 0.1) is 5.41 Å². The van der Waals surface area contributed by atoms with Gasteiger partial charge in [0.25, 0.3) is 0 Å². The first-order valence-corrected chi connectivity index (χ1v) is 24.3. The van der Waals surface area contributed by atoms with Gasteiger partial charge in [-0.1, -0.05) is 128 Å². The summed E-state index contributed by atoms with van der Waals surface area (Å²) in [6.45, 7) is 8.93. The first-order chi connectivity index (χ1) is 32.8. The van der Waals surface area contributed by atoms with Crippen molar-refractivity contribution in [3.05, 3.63) is 256 Å². The summed E-state index contributed by atoms with van der Waals surface area (Å²) in [5.74, 6) is 0.443. The summed E-state index contributed by atoms with van der Waals surface area (Å²) >= 11 is 0. The fourth-order valence-corrected chi connectivity index (χ4v) is 11.8. The van der Waals surface area contributed by atoms with Crippen LogP contribution in [-0.2, 0) is 5.41 Å². The van der Waals surface area contributed by atoms with Crippen molar-refractivity contribution in [1.29, 1.82) is 0 Å². The average molecular weight is 865 g/mol. The highest BCUT2D eigenvalue weighted by molar-refractivity contribution is 5.98. The Kier molecular flexibility index (Phi) is 10.1. The van der Waals surface area contributed by atoms with E-state index in [1.54, 1.807) is 0 Å². The molecule has 0 amide bonds. The molecule has 12 rings (SSSR count). The molecule has 5 aliphatic rings. The van der Waals surface area contributed by atoms with Gasteiger partial charge in [-0.05, 0) is 221 Å². The van der Waals surface area contributed by atoms with E-state index in [0.717, 1.165) is 49.2 Å². The minimum Gasteiger partial charge on any atom is -0.314 e. The standard InChI is InChI=1S/C65H56N2/c1-43-15-11-23-51(35-43)66(52-24-12-16-44(2)36-52)55-29-33-59-60-34-30-56(67(53-25-13-17-45(3)37-53)54-26-14-18-46(4)38-54)42-64(60)65(63(59)41-55)61-39-49(47-19-7-5-8-20-47)27-31-57(61)58-32-28-50(40-62(58)65)48-21-9-6-10-22-48/h5-7,9,11-19,21,23-37,39-42,46H,8,10,20,22,38H2,1-4H3. The molecule has 326 valence electrons. The van der Waals surface area contributed by atoms with Gasteiger partial charge in [-0.15, -0.1) is 0 Å². The Balaban J connectivity index is 1.18. The van der Waals surface area contributed by atoms with Gasteiger partial charge in [0.15, 0.2) is 0 Å². The Morgan fingerprint density at radius 2 is 0.866 bits per heavy atom. The van der Waals surface area contributed by atoms with E-state index in [4.69, 9.17) is 0 Å². The van der Waals surface area contributed by atoms with E-state index >= 15 is 0 Å². The average Bonchev–Trinajstić information content (AvgIpc) is 3.81. The van der Waals surface area contributed by atoms with Crippen molar-refractivity contribution in [1.82, 2.24) is 0 Å². The van der Waals surface area contributed by atoms with Crippen LogP contribution in [0.2, 0.25) is 0 Å². The van der Waals surface area contributed by atoms with Crippen molar-refractivity contribution in [3.8, 4) is 22.3 Å². The molecule has 1 atom stereocenters. The highest BCUT2D eigenvalue weighted by Gasteiger charge is 2.52. The number of hydrogen-bond donors (Lipinski definition) is 0. The van der Waals surface area contributed by atoms with E-state index in [0.29, 0.717) is 5.92 Å². The number of fused-ring (bicyclic) bond motifs is 10. The van der Waals surface area contributed by atoms with Crippen molar-refractivity contribution < 1.29 is 0 Å². The number of allylic oxidation sites excluding steroid dienone is 12. The predicted octanol–water partition coefficient (Wildman–Crippen LogP) is 17.5. The molecule has 0 heterocycles. The van der Waals surface area contributed by atoms with Crippen LogP contribution in [0, 0.1) is 26.7 Å². The first-order valence-electron chi connectivity index (χ1n) is 24.3. The quantitative estimate of drug-likeness (QED) is 0.150. The lowest BCUT2D eigenvalue weighted by Gasteiger charge is -2.35. The molecule has 7 aromatic carbocycles. The van der Waals surface area contributed by atoms with Crippen molar-refractivity contribution in [2.24, 2.45) is 5.92 Å². The maximum atomic E-state index is 2.58. The zero-order valence-electron chi connectivity index (χ0n) is 39.1. The Morgan fingerprint density at radius 1 is 0.433 bits per heavy atom. The van der Waals surface area contributed by atoms with Crippen LogP contribution in [0.3, 0.4) is 0 Å². The second-order valence-electron chi connectivity index (χ2n) is 19.5. The molecule has 0 aliphatic heterocycles. The van der Waals surface area contributed by atoms with E-state index in [2.05, 4.69) is 238 Å². The smallest absolute Gasteiger partial charge is 0.0727 e. The number of aryl methyl sites for hydroxylation is 3. The van der Waals surface area contributed by atoms with Crippen LogP contribution < -0.4 is 9.80 Å². The second-order valence-corrected chi connectivity index (χ2v) is 19.5. The van der Waals surface area contributed by atoms with Crippen molar-refractivity contribution in [3.63, 3.8) is 0 Å². The lowest BCUT2D eigenvalue weighted by molar-refractivity contribution is 0.696. The topological polar surface area (TPSA) is 6.48 Å². The van der Waals surface area contributed by atoms with Crippen LogP contribution in [0.15, 0.2) is 206 Å². The molecule has 7 aromatic rings. The summed E-state index contributed by atoms with van der Waals surface area (Å²) < 4.78 is 0. The van der Waals surface area contributed by atoms with Gasteiger partial charge in [-0.25, -0.2) is 0 Å². The number of hydrogen-bond acceptors (Lipinski definition) is 2. The molecule has 0 aromatic heterocycles. The molecule has 0 saturated heterocycles. The molecule has 1 spiro atoms. The molecular formula is C65H56N2. The fraction of sp³-hybridized carbons (Fsp3) is 0.169. The van der Waals surface area contributed by atoms with Gasteiger partial charge < -0.3 is 9.80 Å². The minimum atomic E-state index is -0.610. The fourth-order valence-electron chi connectivity index (χ4n) is 11.8. The summed E-state index contributed by atoms with van der Waals surface area (Å²) in [5.41, 5.74) is 26.4. The van der Waals surface area contributed by atoms with Crippen LogP contribution >= 0.6 is 0 Å². The summed E-state index contributed by atoms with van der Waals surface area (Å²) in [5, 5.41) is 0. The van der Waals surface area contributed by atoms with E-state index in [9.17, 15) is 0 Å². The SMILES string of the molecule is Cc1cccc(N(C2=CC=CC(C)C2)c2ccc3c(c2)C2(c4cc(C5=CC=CCC5)ccc4-c4ccc(C5=CC=CCC5)cc42)c2cc(N(c4cccc(C)c4)c4cccc(C)c4)ccc2-3)c1. The number of benzene rings is 7. The van der Waals surface area contributed by atoms with Crippen LogP contribution in [0.5, 0.6) is 0 Å². The Bertz CT molecular complexity index is 3220. The summed E-state index contributed by atoms with van der Waals surface area (Å²) in [4.78, 5) is 5.00. The van der Waals surface area contributed by atoms with Crippen LogP contribution in [0.1, 0.15) is 89.1 Å². The molecule has 1 unspecified atom stereocenters. The first kappa shape index (κ1) is 41.0. The third-order valence-electron chi connectivity index (χ3n) is 14.9. The highest BCUT2D eigenvalue weighted by atomic mass is 15.2. The Labute approximate surface area is 397 Å². The number of anilines is 5. The molecule has 2 nitrogen and oxygen atoms in total.